The van der Waals surface area contributed by atoms with E-state index in [1.807, 2.05) is 0 Å². The molecule has 0 amide bonds. The minimum Gasteiger partial charge on any atom is -0.571 e. The molecule has 10 heteroatoms. The van der Waals surface area contributed by atoms with Crippen molar-refractivity contribution in [3.8, 4) is 0 Å². The summed E-state index contributed by atoms with van der Waals surface area (Å²) in [5.41, 5.74) is 0.0530. The second-order valence-electron chi connectivity index (χ2n) is 5.60. The molecule has 0 heterocycles. The molecule has 0 radical (unpaired) electrons. The summed E-state index contributed by atoms with van der Waals surface area (Å²) in [5, 5.41) is 0. The summed E-state index contributed by atoms with van der Waals surface area (Å²) in [5.74, 6) is 0. The van der Waals surface area contributed by atoms with Crippen molar-refractivity contribution in [2.75, 3.05) is 4.72 Å². The summed E-state index contributed by atoms with van der Waals surface area (Å²) in [6.45, 7) is 0. The van der Waals surface area contributed by atoms with Gasteiger partial charge < -0.3 is 4.72 Å². The third-order valence-corrected chi connectivity index (χ3v) is 7.35. The zero-order valence-electron chi connectivity index (χ0n) is 14.1. The molecule has 0 aromatic heterocycles. The Bertz CT molecular complexity index is 1100. The van der Waals surface area contributed by atoms with Crippen LogP contribution in [0.3, 0.4) is 0 Å². The molecule has 0 aliphatic rings. The molecule has 6 nitrogen and oxygen atoms in total. The maximum Gasteiger partial charge on any atom is 0.261 e. The van der Waals surface area contributed by atoms with Crippen molar-refractivity contribution in [1.82, 2.24) is 0 Å². The Morgan fingerprint density at radius 1 is 0.679 bits per heavy atom. The van der Waals surface area contributed by atoms with E-state index in [2.05, 4.69) is 41.3 Å². The predicted octanol–water partition coefficient (Wildman–Crippen LogP) is 5.41. The maximum absolute atomic E-state index is 12.6. The molecule has 0 unspecified atom stereocenters. The number of nitrogens with zero attached hydrogens (tertiary/aromatic N) is 1. The zero-order valence-corrected chi connectivity index (χ0v) is 18.9. The SMILES string of the molecule is O=S(=O)([N-]c1ccccc1NS(=O)(=O)c1ccc(Br)cc1)c1ccc(Br)cc1. The van der Waals surface area contributed by atoms with Crippen LogP contribution in [0.5, 0.6) is 0 Å². The van der Waals surface area contributed by atoms with Gasteiger partial charge in [0.15, 0.2) is 0 Å². The van der Waals surface area contributed by atoms with Crippen LogP contribution in [-0.4, -0.2) is 16.8 Å². The van der Waals surface area contributed by atoms with Gasteiger partial charge in [-0.1, -0.05) is 50.1 Å². The van der Waals surface area contributed by atoms with Crippen molar-refractivity contribution in [3.63, 3.8) is 0 Å². The molecule has 0 spiro atoms. The van der Waals surface area contributed by atoms with E-state index < -0.39 is 20.0 Å². The molecule has 3 aromatic carbocycles. The van der Waals surface area contributed by atoms with Gasteiger partial charge in [-0.15, -0.1) is 5.69 Å². The second-order valence-corrected chi connectivity index (χ2v) is 10.7. The van der Waals surface area contributed by atoms with Crippen LogP contribution in [0.25, 0.3) is 4.72 Å². The van der Waals surface area contributed by atoms with Crippen LogP contribution in [0.15, 0.2) is 91.5 Å². The summed E-state index contributed by atoms with van der Waals surface area (Å²) in [6.07, 6.45) is 0. The number of hydrogen-bond acceptors (Lipinski definition) is 4. The smallest absolute Gasteiger partial charge is 0.261 e. The van der Waals surface area contributed by atoms with Gasteiger partial charge in [0.05, 0.1) is 9.79 Å². The second kappa shape index (κ2) is 8.24. The quantitative estimate of drug-likeness (QED) is 0.449. The fourth-order valence-electron chi connectivity index (χ4n) is 2.25. The summed E-state index contributed by atoms with van der Waals surface area (Å²) >= 11 is 6.50. The fraction of sp³-hybridized carbons (Fsp3) is 0. The molecule has 0 aliphatic carbocycles. The average Bonchev–Trinajstić information content (AvgIpc) is 2.64. The first-order valence-corrected chi connectivity index (χ1v) is 12.3. The highest BCUT2D eigenvalue weighted by atomic mass is 79.9. The zero-order chi connectivity index (χ0) is 20.4. The third-order valence-electron chi connectivity index (χ3n) is 3.60. The highest BCUT2D eigenvalue weighted by Gasteiger charge is 2.15. The molecule has 0 saturated carbocycles. The molecule has 0 atom stereocenters. The monoisotopic (exact) mass is 543 g/mol. The Kier molecular flexibility index (Phi) is 6.13. The lowest BCUT2D eigenvalue weighted by molar-refractivity contribution is 0.600. The van der Waals surface area contributed by atoms with Crippen molar-refractivity contribution in [2.24, 2.45) is 0 Å². The number of rotatable bonds is 6. The lowest BCUT2D eigenvalue weighted by atomic mass is 10.3. The fourth-order valence-corrected chi connectivity index (χ4v) is 4.85. The molecule has 146 valence electrons. The summed E-state index contributed by atoms with van der Waals surface area (Å²) in [7, 11) is -7.93. The summed E-state index contributed by atoms with van der Waals surface area (Å²) in [4.78, 5) is 0.0440. The van der Waals surface area contributed by atoms with Crippen molar-refractivity contribution in [1.29, 1.82) is 0 Å². The number of sulfonamides is 2. The largest absolute Gasteiger partial charge is 0.571 e. The lowest BCUT2D eigenvalue weighted by Crippen LogP contribution is -2.13. The van der Waals surface area contributed by atoms with E-state index in [1.165, 1.54) is 36.4 Å². The topological polar surface area (TPSA) is 94.4 Å². The van der Waals surface area contributed by atoms with Gasteiger partial charge in [0.2, 0.25) is 0 Å². The van der Waals surface area contributed by atoms with Gasteiger partial charge >= 0.3 is 0 Å². The Morgan fingerprint density at radius 3 is 1.75 bits per heavy atom. The standard InChI is InChI=1S/C18H13Br2N2O4S2/c19-13-5-9-15(10-6-13)27(23,24)21-17-3-1-2-4-18(17)22-28(25,26)16-11-7-14(20)8-12-16/h1-12,21H/q-1. The molecule has 0 fully saturated rings. The maximum atomic E-state index is 12.6. The Labute approximate surface area is 180 Å². The van der Waals surface area contributed by atoms with E-state index in [9.17, 15) is 16.8 Å². The number of nitrogens with one attached hydrogen (secondary N) is 1. The number of benzene rings is 3. The summed E-state index contributed by atoms with van der Waals surface area (Å²) < 4.78 is 58.0. The van der Waals surface area contributed by atoms with Gasteiger partial charge in [-0.05, 0) is 54.6 Å². The van der Waals surface area contributed by atoms with Crippen LogP contribution in [-0.2, 0) is 20.0 Å². The van der Waals surface area contributed by atoms with Crippen molar-refractivity contribution in [2.45, 2.75) is 9.79 Å². The van der Waals surface area contributed by atoms with Crippen LogP contribution in [0.4, 0.5) is 11.4 Å². The van der Waals surface area contributed by atoms with Gasteiger partial charge in [-0.3, -0.25) is 4.72 Å². The minimum absolute atomic E-state index is 0.00118. The van der Waals surface area contributed by atoms with Crippen molar-refractivity contribution in [3.05, 3.63) is 86.5 Å². The molecule has 3 rings (SSSR count). The highest BCUT2D eigenvalue weighted by molar-refractivity contribution is 9.10. The van der Waals surface area contributed by atoms with Crippen LogP contribution >= 0.6 is 31.9 Å². The molecular formula is C18H13Br2N2O4S2-. The molecular weight excluding hydrogens is 532 g/mol. The van der Waals surface area contributed by atoms with Gasteiger partial charge in [-0.25, -0.2) is 16.8 Å². The van der Waals surface area contributed by atoms with Gasteiger partial charge in [0.1, 0.15) is 10.0 Å². The van der Waals surface area contributed by atoms with Gasteiger partial charge in [0, 0.05) is 14.6 Å². The van der Waals surface area contributed by atoms with E-state index in [-0.39, 0.29) is 21.2 Å². The number of halogens is 2. The molecule has 0 aliphatic heterocycles. The first kappa shape index (κ1) is 20.8. The number of anilines is 1. The number of hydrogen-bond donors (Lipinski definition) is 1. The van der Waals surface area contributed by atoms with Gasteiger partial charge in [-0.2, -0.15) is 0 Å². The van der Waals surface area contributed by atoms with Crippen LogP contribution < -0.4 is 4.72 Å². The average molecular weight is 545 g/mol. The van der Waals surface area contributed by atoms with Crippen molar-refractivity contribution >= 4 is 63.3 Å². The number of para-hydroxylation sites is 1. The third kappa shape index (κ3) is 4.93. The Balaban J connectivity index is 1.91. The molecule has 0 saturated heterocycles. The van der Waals surface area contributed by atoms with Crippen LogP contribution in [0.1, 0.15) is 0 Å². The van der Waals surface area contributed by atoms with E-state index in [0.29, 0.717) is 0 Å². The van der Waals surface area contributed by atoms with E-state index in [4.69, 9.17) is 0 Å². The molecule has 28 heavy (non-hydrogen) atoms. The molecule has 3 aromatic rings. The lowest BCUT2D eigenvalue weighted by Gasteiger charge is -2.25. The minimum atomic E-state index is -4.02. The summed E-state index contributed by atoms with van der Waals surface area (Å²) in [6, 6.07) is 18.1. The van der Waals surface area contributed by atoms with Gasteiger partial charge in [0.25, 0.3) is 10.0 Å². The first-order valence-electron chi connectivity index (χ1n) is 7.78. The molecule has 1 N–H and O–H groups in total. The Morgan fingerprint density at radius 2 is 1.18 bits per heavy atom. The predicted molar refractivity (Wildman–Crippen MR) is 116 cm³/mol. The molecule has 0 bridgehead atoms. The van der Waals surface area contributed by atoms with E-state index >= 15 is 0 Å². The van der Waals surface area contributed by atoms with E-state index in [1.54, 1.807) is 36.4 Å². The normalized spacial score (nSPS) is 11.8. The highest BCUT2D eigenvalue weighted by Crippen LogP contribution is 2.35. The van der Waals surface area contributed by atoms with E-state index in [0.717, 1.165) is 8.95 Å². The Hall–Kier alpha value is -1.88. The van der Waals surface area contributed by atoms with Crippen LogP contribution in [0.2, 0.25) is 0 Å². The first-order chi connectivity index (χ1) is 13.2. The van der Waals surface area contributed by atoms with Crippen LogP contribution in [0, 0.1) is 0 Å². The van der Waals surface area contributed by atoms with Crippen molar-refractivity contribution < 1.29 is 16.8 Å².